The molecule has 8 rings (SSSR count). The summed E-state index contributed by atoms with van der Waals surface area (Å²) in [5.41, 5.74) is 11.6. The number of nitrogens with zero attached hydrogens (tertiary/aromatic N) is 4. The zero-order valence-electron chi connectivity index (χ0n) is 23.8. The average Bonchev–Trinajstić information content (AvgIpc) is 3.11. The lowest BCUT2D eigenvalue weighted by atomic mass is 9.95. The van der Waals surface area contributed by atoms with Gasteiger partial charge < -0.3 is 0 Å². The molecule has 4 aromatic carbocycles. The van der Waals surface area contributed by atoms with Crippen LogP contribution < -0.4 is 0 Å². The fourth-order valence-electron chi connectivity index (χ4n) is 5.88. The van der Waals surface area contributed by atoms with Crippen molar-refractivity contribution in [2.45, 2.75) is 0 Å². The molecular formula is C40H26N4. The van der Waals surface area contributed by atoms with Crippen molar-refractivity contribution in [1.82, 2.24) is 19.9 Å². The molecule has 0 fully saturated rings. The lowest BCUT2D eigenvalue weighted by Gasteiger charge is -2.15. The predicted octanol–water partition coefficient (Wildman–Crippen LogP) is 9.91. The Morgan fingerprint density at radius 3 is 1.02 bits per heavy atom. The van der Waals surface area contributed by atoms with Crippen molar-refractivity contribution in [1.29, 1.82) is 0 Å². The van der Waals surface area contributed by atoms with Gasteiger partial charge in [0.1, 0.15) is 0 Å². The van der Waals surface area contributed by atoms with Crippen LogP contribution >= 0.6 is 0 Å². The summed E-state index contributed by atoms with van der Waals surface area (Å²) in [6, 6.07) is 49.9. The molecule has 0 aliphatic rings. The van der Waals surface area contributed by atoms with Crippen LogP contribution in [-0.2, 0) is 0 Å². The minimum absolute atomic E-state index is 0.783. The highest BCUT2D eigenvalue weighted by Gasteiger charge is 2.19. The van der Waals surface area contributed by atoms with Gasteiger partial charge in [0, 0.05) is 45.4 Å². The first-order chi connectivity index (χ1) is 21.8. The molecule has 0 saturated carbocycles. The highest BCUT2D eigenvalue weighted by molar-refractivity contribution is 6.05. The van der Waals surface area contributed by atoms with E-state index in [2.05, 4.69) is 109 Å². The van der Waals surface area contributed by atoms with E-state index in [1.54, 1.807) is 0 Å². The summed E-state index contributed by atoms with van der Waals surface area (Å²) in [6.45, 7) is 0. The summed E-state index contributed by atoms with van der Waals surface area (Å²) in [5.74, 6) is 0. The van der Waals surface area contributed by atoms with E-state index < -0.39 is 0 Å². The van der Waals surface area contributed by atoms with Crippen LogP contribution in [0, 0.1) is 0 Å². The van der Waals surface area contributed by atoms with Gasteiger partial charge in [0.05, 0.1) is 33.8 Å². The number of rotatable bonds is 5. The Bertz CT molecular complexity index is 2090. The first-order valence-corrected chi connectivity index (χ1v) is 14.6. The lowest BCUT2D eigenvalue weighted by molar-refractivity contribution is 1.26. The average molecular weight is 563 g/mol. The second-order valence-electron chi connectivity index (χ2n) is 10.7. The van der Waals surface area contributed by atoms with E-state index in [4.69, 9.17) is 19.9 Å². The summed E-state index contributed by atoms with van der Waals surface area (Å²) in [6.07, 6.45) is 3.65. The van der Waals surface area contributed by atoms with Crippen molar-refractivity contribution >= 4 is 21.8 Å². The summed E-state index contributed by atoms with van der Waals surface area (Å²) < 4.78 is 0. The highest BCUT2D eigenvalue weighted by atomic mass is 14.8. The third kappa shape index (κ3) is 4.59. The molecular weight excluding hydrogens is 536 g/mol. The van der Waals surface area contributed by atoms with E-state index >= 15 is 0 Å². The fraction of sp³-hybridized carbons (Fsp3) is 0. The van der Waals surface area contributed by atoms with Crippen LogP contribution in [0.15, 0.2) is 158 Å². The standard InChI is InChI=1S/C40H26N4/c1-5-13-27(14-6-1)31-25-33-35(43-37(31)29-17-9-3-10-18-29)21-23-41-39(33)40-34-26-32(28-15-7-2-8-16-28)38(30-19-11-4-12-20-30)44-36(34)22-24-42-40/h1-26H. The molecule has 44 heavy (non-hydrogen) atoms. The second-order valence-corrected chi connectivity index (χ2v) is 10.7. The minimum atomic E-state index is 0.783. The molecule has 0 spiro atoms. The number of pyridine rings is 4. The van der Waals surface area contributed by atoms with Gasteiger partial charge in [-0.05, 0) is 35.4 Å². The van der Waals surface area contributed by atoms with Crippen molar-refractivity contribution in [3.05, 3.63) is 158 Å². The fourth-order valence-corrected chi connectivity index (χ4v) is 5.88. The van der Waals surface area contributed by atoms with Crippen LogP contribution in [0.1, 0.15) is 0 Å². The highest BCUT2D eigenvalue weighted by Crippen LogP contribution is 2.39. The zero-order valence-corrected chi connectivity index (χ0v) is 23.8. The smallest absolute Gasteiger partial charge is 0.0987 e. The second kappa shape index (κ2) is 11.0. The number of hydrogen-bond donors (Lipinski definition) is 0. The van der Waals surface area contributed by atoms with Crippen molar-refractivity contribution in [3.8, 4) is 56.2 Å². The van der Waals surface area contributed by atoms with Crippen LogP contribution in [0.5, 0.6) is 0 Å². The van der Waals surface area contributed by atoms with E-state index in [1.807, 2.05) is 48.8 Å². The van der Waals surface area contributed by atoms with Crippen molar-refractivity contribution in [2.24, 2.45) is 0 Å². The van der Waals surface area contributed by atoms with Crippen molar-refractivity contribution in [2.75, 3.05) is 0 Å². The summed E-state index contributed by atoms with van der Waals surface area (Å²) in [4.78, 5) is 20.3. The maximum Gasteiger partial charge on any atom is 0.0987 e. The van der Waals surface area contributed by atoms with Gasteiger partial charge in [0.25, 0.3) is 0 Å². The molecule has 4 heterocycles. The Morgan fingerprint density at radius 1 is 0.318 bits per heavy atom. The minimum Gasteiger partial charge on any atom is -0.254 e. The number of hydrogen-bond acceptors (Lipinski definition) is 4. The summed E-state index contributed by atoms with van der Waals surface area (Å²) in [5, 5.41) is 1.89. The van der Waals surface area contributed by atoms with Gasteiger partial charge in [0.2, 0.25) is 0 Å². The topological polar surface area (TPSA) is 51.6 Å². The molecule has 206 valence electrons. The quantitative estimate of drug-likeness (QED) is 0.209. The third-order valence-electron chi connectivity index (χ3n) is 7.97. The SMILES string of the molecule is c1ccc(-c2cc3c(-c4nccc5nc(-c6ccccc6)c(-c6ccccc6)cc45)nccc3nc2-c2ccccc2)cc1. The van der Waals surface area contributed by atoms with Crippen LogP contribution in [0.2, 0.25) is 0 Å². The molecule has 0 radical (unpaired) electrons. The van der Waals surface area contributed by atoms with Gasteiger partial charge in [-0.15, -0.1) is 0 Å². The largest absolute Gasteiger partial charge is 0.254 e. The number of benzene rings is 4. The molecule has 4 heteroatoms. The molecule has 0 saturated heterocycles. The predicted molar refractivity (Wildman–Crippen MR) is 180 cm³/mol. The molecule has 4 aromatic heterocycles. The summed E-state index contributed by atoms with van der Waals surface area (Å²) in [7, 11) is 0. The molecule has 8 aromatic rings. The van der Waals surface area contributed by atoms with E-state index in [0.717, 1.165) is 78.0 Å². The Kier molecular flexibility index (Phi) is 6.43. The van der Waals surface area contributed by atoms with E-state index in [1.165, 1.54) is 0 Å². The monoisotopic (exact) mass is 562 g/mol. The molecule has 0 N–H and O–H groups in total. The number of aromatic nitrogens is 4. The van der Waals surface area contributed by atoms with Gasteiger partial charge in [-0.2, -0.15) is 0 Å². The molecule has 4 nitrogen and oxygen atoms in total. The first-order valence-electron chi connectivity index (χ1n) is 14.6. The Hall–Kier alpha value is -6.00. The van der Waals surface area contributed by atoms with Crippen LogP contribution in [0.4, 0.5) is 0 Å². The molecule has 0 unspecified atom stereocenters. The Labute approximate surface area is 255 Å². The number of fused-ring (bicyclic) bond motifs is 2. The van der Waals surface area contributed by atoms with E-state index in [-0.39, 0.29) is 0 Å². The van der Waals surface area contributed by atoms with E-state index in [0.29, 0.717) is 0 Å². The van der Waals surface area contributed by atoms with Gasteiger partial charge in [-0.3, -0.25) is 9.97 Å². The maximum absolute atomic E-state index is 5.22. The molecule has 0 amide bonds. The van der Waals surface area contributed by atoms with Crippen LogP contribution in [-0.4, -0.2) is 19.9 Å². The molecule has 0 bridgehead atoms. The first kappa shape index (κ1) is 25.7. The zero-order chi connectivity index (χ0) is 29.3. The maximum atomic E-state index is 5.22. The van der Waals surface area contributed by atoms with Gasteiger partial charge >= 0.3 is 0 Å². The Balaban J connectivity index is 1.40. The van der Waals surface area contributed by atoms with E-state index in [9.17, 15) is 0 Å². The van der Waals surface area contributed by atoms with Gasteiger partial charge in [-0.25, -0.2) is 9.97 Å². The lowest BCUT2D eigenvalue weighted by Crippen LogP contribution is -1.97. The van der Waals surface area contributed by atoms with Crippen LogP contribution in [0.3, 0.4) is 0 Å². The van der Waals surface area contributed by atoms with Gasteiger partial charge in [-0.1, -0.05) is 121 Å². The van der Waals surface area contributed by atoms with Gasteiger partial charge in [0.15, 0.2) is 0 Å². The van der Waals surface area contributed by atoms with Crippen LogP contribution in [0.25, 0.3) is 78.0 Å². The van der Waals surface area contributed by atoms with Crippen molar-refractivity contribution in [3.63, 3.8) is 0 Å². The normalized spacial score (nSPS) is 11.2. The third-order valence-corrected chi connectivity index (χ3v) is 7.97. The Morgan fingerprint density at radius 2 is 0.659 bits per heavy atom. The molecule has 0 aliphatic carbocycles. The summed E-state index contributed by atoms with van der Waals surface area (Å²) >= 11 is 0. The molecule has 0 aliphatic heterocycles. The molecule has 0 atom stereocenters. The van der Waals surface area contributed by atoms with Crippen molar-refractivity contribution < 1.29 is 0 Å².